The summed E-state index contributed by atoms with van der Waals surface area (Å²) < 4.78 is 10.2. The van der Waals surface area contributed by atoms with Crippen molar-refractivity contribution in [3.05, 3.63) is 23.8 Å². The molecule has 1 amide bonds. The Morgan fingerprint density at radius 2 is 2.19 bits per heavy atom. The van der Waals surface area contributed by atoms with E-state index in [2.05, 4.69) is 0 Å². The van der Waals surface area contributed by atoms with Crippen LogP contribution >= 0.6 is 0 Å². The van der Waals surface area contributed by atoms with Crippen molar-refractivity contribution in [1.82, 2.24) is 4.90 Å². The van der Waals surface area contributed by atoms with Crippen LogP contribution in [0, 0.1) is 5.92 Å². The molecule has 21 heavy (non-hydrogen) atoms. The Labute approximate surface area is 123 Å². The second-order valence-electron chi connectivity index (χ2n) is 4.92. The largest absolute Gasteiger partial charge is 0.491 e. The third-order valence-corrected chi connectivity index (χ3v) is 3.57. The SMILES string of the molecule is CCOc1c(N)cccc1C(=O)N1CCC(C(=O)OC)C1. The molecule has 1 aromatic rings. The summed E-state index contributed by atoms with van der Waals surface area (Å²) >= 11 is 0. The van der Waals surface area contributed by atoms with Crippen LogP contribution in [0.25, 0.3) is 0 Å². The van der Waals surface area contributed by atoms with Crippen LogP contribution in [0.3, 0.4) is 0 Å². The standard InChI is InChI=1S/C15H20N2O4/c1-3-21-13-11(5-4-6-12(13)16)14(18)17-8-7-10(9-17)15(19)20-2/h4-6,10H,3,7-9,16H2,1-2H3. The lowest BCUT2D eigenvalue weighted by Crippen LogP contribution is -2.30. The molecule has 1 aliphatic heterocycles. The number of methoxy groups -OCH3 is 1. The van der Waals surface area contributed by atoms with Gasteiger partial charge in [-0.3, -0.25) is 9.59 Å². The average molecular weight is 292 g/mol. The van der Waals surface area contributed by atoms with Gasteiger partial charge in [0.25, 0.3) is 5.91 Å². The molecule has 1 fully saturated rings. The predicted octanol–water partition coefficient (Wildman–Crippen LogP) is 1.30. The molecule has 1 aliphatic rings. The van der Waals surface area contributed by atoms with E-state index in [-0.39, 0.29) is 17.8 Å². The lowest BCUT2D eigenvalue weighted by atomic mass is 10.1. The maximum atomic E-state index is 12.6. The van der Waals surface area contributed by atoms with Gasteiger partial charge < -0.3 is 20.1 Å². The van der Waals surface area contributed by atoms with E-state index in [0.717, 1.165) is 0 Å². The number of carbonyl (C=O) groups excluding carboxylic acids is 2. The molecule has 0 bridgehead atoms. The highest BCUT2D eigenvalue weighted by Gasteiger charge is 2.33. The van der Waals surface area contributed by atoms with Crippen molar-refractivity contribution in [2.75, 3.05) is 32.5 Å². The van der Waals surface area contributed by atoms with Crippen molar-refractivity contribution < 1.29 is 19.1 Å². The minimum absolute atomic E-state index is 0.169. The number of para-hydroxylation sites is 1. The number of hydrogen-bond donors (Lipinski definition) is 1. The molecule has 6 heteroatoms. The predicted molar refractivity (Wildman–Crippen MR) is 78.0 cm³/mol. The van der Waals surface area contributed by atoms with E-state index >= 15 is 0 Å². The van der Waals surface area contributed by atoms with Crippen molar-refractivity contribution in [3.8, 4) is 5.75 Å². The fraction of sp³-hybridized carbons (Fsp3) is 0.467. The number of benzene rings is 1. The lowest BCUT2D eigenvalue weighted by Gasteiger charge is -2.19. The molecule has 0 aliphatic carbocycles. The number of nitrogen functional groups attached to an aromatic ring is 1. The summed E-state index contributed by atoms with van der Waals surface area (Å²) in [6.45, 7) is 3.16. The number of carbonyl (C=O) groups is 2. The van der Waals surface area contributed by atoms with Crippen LogP contribution < -0.4 is 10.5 Å². The van der Waals surface area contributed by atoms with Gasteiger partial charge in [0.15, 0.2) is 5.75 Å². The molecule has 0 spiro atoms. The van der Waals surface area contributed by atoms with Crippen LogP contribution in [0.4, 0.5) is 5.69 Å². The number of likely N-dealkylation sites (tertiary alicyclic amines) is 1. The zero-order chi connectivity index (χ0) is 15.4. The van der Waals surface area contributed by atoms with Gasteiger partial charge in [-0.15, -0.1) is 0 Å². The Balaban J connectivity index is 2.18. The quantitative estimate of drug-likeness (QED) is 0.668. The highest BCUT2D eigenvalue weighted by atomic mass is 16.5. The zero-order valence-electron chi connectivity index (χ0n) is 12.3. The molecule has 2 rings (SSSR count). The zero-order valence-corrected chi connectivity index (χ0v) is 12.3. The van der Waals surface area contributed by atoms with Gasteiger partial charge in [-0.1, -0.05) is 6.07 Å². The van der Waals surface area contributed by atoms with Crippen molar-refractivity contribution in [3.63, 3.8) is 0 Å². The first-order valence-corrected chi connectivity index (χ1v) is 6.96. The molecule has 1 heterocycles. The molecule has 114 valence electrons. The Morgan fingerprint density at radius 1 is 1.43 bits per heavy atom. The summed E-state index contributed by atoms with van der Waals surface area (Å²) in [7, 11) is 1.36. The van der Waals surface area contributed by atoms with E-state index < -0.39 is 0 Å². The fourth-order valence-corrected chi connectivity index (χ4v) is 2.50. The fourth-order valence-electron chi connectivity index (χ4n) is 2.50. The Kier molecular flexibility index (Phi) is 4.67. The van der Waals surface area contributed by atoms with Crippen LogP contribution in [0.2, 0.25) is 0 Å². The third kappa shape index (κ3) is 3.09. The van der Waals surface area contributed by atoms with E-state index in [1.807, 2.05) is 6.92 Å². The van der Waals surface area contributed by atoms with E-state index in [4.69, 9.17) is 15.2 Å². The third-order valence-electron chi connectivity index (χ3n) is 3.57. The molecule has 0 aromatic heterocycles. The van der Waals surface area contributed by atoms with Crippen LogP contribution in [-0.4, -0.2) is 43.6 Å². The normalized spacial score (nSPS) is 17.6. The highest BCUT2D eigenvalue weighted by molar-refractivity contribution is 5.99. The van der Waals surface area contributed by atoms with Crippen molar-refractivity contribution >= 4 is 17.6 Å². The summed E-state index contributed by atoms with van der Waals surface area (Å²) in [4.78, 5) is 25.8. The molecule has 1 saturated heterocycles. The molecule has 6 nitrogen and oxygen atoms in total. The summed E-state index contributed by atoms with van der Waals surface area (Å²) in [5.74, 6) is -0.290. The van der Waals surface area contributed by atoms with Gasteiger partial charge in [0, 0.05) is 13.1 Å². The Hall–Kier alpha value is -2.24. The van der Waals surface area contributed by atoms with Gasteiger partial charge in [0.1, 0.15) is 0 Å². The number of nitrogens with two attached hydrogens (primary N) is 1. The minimum atomic E-state index is -0.275. The first-order chi connectivity index (χ1) is 10.1. The topological polar surface area (TPSA) is 81.9 Å². The van der Waals surface area contributed by atoms with Gasteiger partial charge in [-0.2, -0.15) is 0 Å². The molecule has 1 aromatic carbocycles. The van der Waals surface area contributed by atoms with Crippen LogP contribution in [0.5, 0.6) is 5.75 Å². The number of anilines is 1. The van der Waals surface area contributed by atoms with Crippen LogP contribution in [0.1, 0.15) is 23.7 Å². The van der Waals surface area contributed by atoms with Gasteiger partial charge in [-0.25, -0.2) is 0 Å². The monoisotopic (exact) mass is 292 g/mol. The lowest BCUT2D eigenvalue weighted by molar-refractivity contribution is -0.144. The number of esters is 1. The Morgan fingerprint density at radius 3 is 2.86 bits per heavy atom. The van der Waals surface area contributed by atoms with E-state index in [1.54, 1.807) is 23.1 Å². The first-order valence-electron chi connectivity index (χ1n) is 6.96. The number of ether oxygens (including phenoxy) is 2. The first kappa shape index (κ1) is 15.2. The van der Waals surface area contributed by atoms with E-state index in [1.165, 1.54) is 7.11 Å². The molecular weight excluding hydrogens is 272 g/mol. The number of amides is 1. The summed E-state index contributed by atoms with van der Waals surface area (Å²) in [5, 5.41) is 0. The van der Waals surface area contributed by atoms with Gasteiger partial charge in [0.05, 0.1) is 30.9 Å². The molecule has 1 unspecified atom stereocenters. The maximum absolute atomic E-state index is 12.6. The minimum Gasteiger partial charge on any atom is -0.491 e. The van der Waals surface area contributed by atoms with Gasteiger partial charge in [-0.05, 0) is 25.5 Å². The maximum Gasteiger partial charge on any atom is 0.310 e. The smallest absolute Gasteiger partial charge is 0.310 e. The average Bonchev–Trinajstić information content (AvgIpc) is 2.98. The second kappa shape index (κ2) is 6.47. The molecule has 0 radical (unpaired) electrons. The van der Waals surface area contributed by atoms with Gasteiger partial charge >= 0.3 is 5.97 Å². The van der Waals surface area contributed by atoms with Crippen molar-refractivity contribution in [2.45, 2.75) is 13.3 Å². The van der Waals surface area contributed by atoms with Gasteiger partial charge in [0.2, 0.25) is 0 Å². The molecular formula is C15H20N2O4. The number of rotatable bonds is 4. The van der Waals surface area contributed by atoms with E-state index in [0.29, 0.717) is 43.1 Å². The highest BCUT2D eigenvalue weighted by Crippen LogP contribution is 2.29. The molecule has 0 saturated carbocycles. The summed E-state index contributed by atoms with van der Waals surface area (Å²) in [6.07, 6.45) is 0.616. The number of hydrogen-bond acceptors (Lipinski definition) is 5. The number of nitrogens with zero attached hydrogens (tertiary/aromatic N) is 1. The summed E-state index contributed by atoms with van der Waals surface area (Å²) in [6, 6.07) is 5.11. The summed E-state index contributed by atoms with van der Waals surface area (Å²) in [5.41, 5.74) is 6.74. The molecule has 1 atom stereocenters. The van der Waals surface area contributed by atoms with Crippen LogP contribution in [0.15, 0.2) is 18.2 Å². The van der Waals surface area contributed by atoms with Crippen molar-refractivity contribution in [1.29, 1.82) is 0 Å². The van der Waals surface area contributed by atoms with E-state index in [9.17, 15) is 9.59 Å². The Bertz CT molecular complexity index is 544. The second-order valence-corrected chi connectivity index (χ2v) is 4.92. The van der Waals surface area contributed by atoms with Crippen molar-refractivity contribution in [2.24, 2.45) is 5.92 Å². The van der Waals surface area contributed by atoms with Crippen LogP contribution in [-0.2, 0) is 9.53 Å². The molecule has 2 N–H and O–H groups in total.